The van der Waals surface area contributed by atoms with Gasteiger partial charge in [0.05, 0.1) is 12.2 Å². The zero-order valence-corrected chi connectivity index (χ0v) is 15.5. The molecule has 0 aromatic carbocycles. The lowest BCUT2D eigenvalue weighted by Crippen LogP contribution is -2.62. The molecule has 0 aliphatic carbocycles. The molecule has 6 aliphatic heterocycles. The first-order valence-corrected chi connectivity index (χ1v) is 10.3. The van der Waals surface area contributed by atoms with Gasteiger partial charge < -0.3 is 33.9 Å². The van der Waals surface area contributed by atoms with Crippen LogP contribution in [0.5, 0.6) is 0 Å². The van der Waals surface area contributed by atoms with Gasteiger partial charge in [0.1, 0.15) is 30.5 Å². The molecule has 10 atom stereocenters. The molecule has 6 heterocycles. The van der Waals surface area contributed by atoms with Crippen molar-refractivity contribution < 1.29 is 33.9 Å². The van der Waals surface area contributed by atoms with Crippen molar-refractivity contribution in [1.29, 1.82) is 0 Å². The summed E-state index contributed by atoms with van der Waals surface area (Å²) in [5.41, 5.74) is 0. The van der Waals surface area contributed by atoms with Crippen LogP contribution in [-0.2, 0) is 23.7 Å². The Morgan fingerprint density at radius 1 is 0.923 bits per heavy atom. The molecule has 0 amide bonds. The highest BCUT2D eigenvalue weighted by molar-refractivity contribution is 5.18. The van der Waals surface area contributed by atoms with Crippen molar-refractivity contribution in [1.82, 2.24) is 0 Å². The molecule has 7 nitrogen and oxygen atoms in total. The SMILES string of the molecule is CCCCC[C@]12OC3[C@@H]4O[C@H]5CC[C@H](CC)O[C@@H]5[C@H](O1)[C@@H]4O[C@@]3(O)[C@@H]2O. The summed E-state index contributed by atoms with van der Waals surface area (Å²) in [6.45, 7) is 4.24. The van der Waals surface area contributed by atoms with Crippen molar-refractivity contribution in [2.45, 2.75) is 119 Å². The largest absolute Gasteiger partial charge is 0.382 e. The number of aliphatic hydroxyl groups is 2. The van der Waals surface area contributed by atoms with Gasteiger partial charge in [-0.25, -0.2) is 0 Å². The number of unbranched alkanes of at least 4 members (excludes halogenated alkanes) is 2. The fraction of sp³-hybridized carbons (Fsp3) is 1.00. The predicted molar refractivity (Wildman–Crippen MR) is 89.3 cm³/mol. The summed E-state index contributed by atoms with van der Waals surface area (Å²) in [5.74, 6) is -3.02. The van der Waals surface area contributed by atoms with Crippen molar-refractivity contribution in [3.8, 4) is 0 Å². The van der Waals surface area contributed by atoms with E-state index < -0.39 is 42.1 Å². The Morgan fingerprint density at radius 2 is 1.73 bits per heavy atom. The molecule has 0 aromatic rings. The van der Waals surface area contributed by atoms with E-state index in [2.05, 4.69) is 13.8 Å². The molecule has 6 rings (SSSR count). The highest BCUT2D eigenvalue weighted by Gasteiger charge is 2.78. The van der Waals surface area contributed by atoms with Gasteiger partial charge in [0.25, 0.3) is 0 Å². The Hall–Kier alpha value is -0.280. The van der Waals surface area contributed by atoms with E-state index in [0.717, 1.165) is 38.5 Å². The molecule has 0 aromatic heterocycles. The van der Waals surface area contributed by atoms with E-state index in [4.69, 9.17) is 23.7 Å². The van der Waals surface area contributed by atoms with Crippen LogP contribution in [0.1, 0.15) is 58.8 Å². The summed E-state index contributed by atoms with van der Waals surface area (Å²) >= 11 is 0. The van der Waals surface area contributed by atoms with Gasteiger partial charge in [-0.1, -0.05) is 26.7 Å². The summed E-state index contributed by atoms with van der Waals surface area (Å²) < 4.78 is 31.1. The van der Waals surface area contributed by atoms with Crippen LogP contribution in [0.2, 0.25) is 0 Å². The first-order valence-electron chi connectivity index (χ1n) is 10.3. The first-order chi connectivity index (χ1) is 12.5. The normalized spacial score (nSPS) is 57.2. The van der Waals surface area contributed by atoms with Gasteiger partial charge in [0.15, 0.2) is 6.10 Å². The number of ether oxygens (including phenoxy) is 5. The summed E-state index contributed by atoms with van der Waals surface area (Å²) in [6, 6.07) is 0. The first kappa shape index (κ1) is 17.8. The maximum Gasteiger partial charge on any atom is 0.227 e. The third-order valence-electron chi connectivity index (χ3n) is 6.88. The maximum absolute atomic E-state index is 11.1. The average molecular weight is 370 g/mol. The molecule has 7 heteroatoms. The number of aliphatic hydroxyl groups excluding tert-OH is 1. The average Bonchev–Trinajstić information content (AvgIpc) is 2.95. The van der Waals surface area contributed by atoms with E-state index in [9.17, 15) is 10.2 Å². The number of fused-ring (bicyclic) bond motifs is 1. The Balaban J connectivity index is 1.49. The van der Waals surface area contributed by atoms with Gasteiger partial charge in [0, 0.05) is 6.42 Å². The second kappa shape index (κ2) is 6.11. The minimum absolute atomic E-state index is 0.0808. The Bertz CT molecular complexity index is 558. The van der Waals surface area contributed by atoms with Gasteiger partial charge >= 0.3 is 0 Å². The fourth-order valence-electron chi connectivity index (χ4n) is 5.48. The van der Waals surface area contributed by atoms with Gasteiger partial charge in [-0.05, 0) is 25.7 Å². The van der Waals surface area contributed by atoms with Crippen LogP contribution < -0.4 is 0 Å². The van der Waals surface area contributed by atoms with Crippen LogP contribution in [0.25, 0.3) is 0 Å². The van der Waals surface area contributed by atoms with Crippen LogP contribution in [0.15, 0.2) is 0 Å². The highest BCUT2D eigenvalue weighted by atomic mass is 16.8. The van der Waals surface area contributed by atoms with E-state index in [1.807, 2.05) is 0 Å². The van der Waals surface area contributed by atoms with E-state index >= 15 is 0 Å². The molecule has 6 bridgehead atoms. The van der Waals surface area contributed by atoms with Crippen LogP contribution in [0.3, 0.4) is 0 Å². The molecule has 6 fully saturated rings. The van der Waals surface area contributed by atoms with Crippen molar-refractivity contribution >= 4 is 0 Å². The fourth-order valence-corrected chi connectivity index (χ4v) is 5.48. The zero-order chi connectivity index (χ0) is 18.1. The van der Waals surface area contributed by atoms with Crippen LogP contribution in [-0.4, -0.2) is 70.6 Å². The van der Waals surface area contributed by atoms with Crippen molar-refractivity contribution in [3.63, 3.8) is 0 Å². The maximum atomic E-state index is 11.1. The number of hydrogen-bond acceptors (Lipinski definition) is 7. The second-order valence-electron chi connectivity index (χ2n) is 8.47. The van der Waals surface area contributed by atoms with E-state index in [1.165, 1.54) is 0 Å². The lowest BCUT2D eigenvalue weighted by molar-refractivity contribution is -0.305. The van der Waals surface area contributed by atoms with E-state index in [1.54, 1.807) is 0 Å². The van der Waals surface area contributed by atoms with Gasteiger partial charge in [-0.3, -0.25) is 0 Å². The molecule has 0 radical (unpaired) electrons. The third-order valence-corrected chi connectivity index (χ3v) is 6.88. The predicted octanol–water partition coefficient (Wildman–Crippen LogP) is 1.23. The molecule has 0 spiro atoms. The minimum atomic E-state index is -1.77. The van der Waals surface area contributed by atoms with E-state index in [0.29, 0.717) is 6.42 Å². The van der Waals surface area contributed by atoms with Crippen molar-refractivity contribution in [3.05, 3.63) is 0 Å². The quantitative estimate of drug-likeness (QED) is 0.704. The second-order valence-corrected chi connectivity index (χ2v) is 8.47. The summed E-state index contributed by atoms with van der Waals surface area (Å²) in [5, 5.41) is 22.0. The van der Waals surface area contributed by atoms with Gasteiger partial charge in [-0.15, -0.1) is 0 Å². The number of rotatable bonds is 5. The Kier molecular flexibility index (Phi) is 4.18. The van der Waals surface area contributed by atoms with E-state index in [-0.39, 0.29) is 18.3 Å². The summed E-state index contributed by atoms with van der Waals surface area (Å²) in [7, 11) is 0. The van der Waals surface area contributed by atoms with Crippen LogP contribution in [0, 0.1) is 0 Å². The van der Waals surface area contributed by atoms with Crippen LogP contribution in [0.4, 0.5) is 0 Å². The molecule has 2 N–H and O–H groups in total. The van der Waals surface area contributed by atoms with Gasteiger partial charge in [-0.2, -0.15) is 0 Å². The molecular weight excluding hydrogens is 340 g/mol. The standard InChI is InChI=1S/C19H30O7/c1-3-5-6-9-18-17(20)19(21)16(26-18)15-14(25-19)13(24-18)12-11(23-15)8-7-10(4-2)22-12/h10-17,20-21H,3-9H2,1-2H3/t10-,11-,12-,13-,14-,15+,16?,17+,18+,19+/m0/s1. The lowest BCUT2D eigenvalue weighted by Gasteiger charge is -2.47. The zero-order valence-electron chi connectivity index (χ0n) is 15.5. The van der Waals surface area contributed by atoms with Crippen LogP contribution >= 0.6 is 0 Å². The topological polar surface area (TPSA) is 86.6 Å². The molecule has 6 aliphatic rings. The molecule has 6 saturated heterocycles. The van der Waals surface area contributed by atoms with Crippen molar-refractivity contribution in [2.75, 3.05) is 0 Å². The lowest BCUT2D eigenvalue weighted by atomic mass is 9.86. The molecular formula is C19H30O7. The summed E-state index contributed by atoms with van der Waals surface area (Å²) in [6.07, 6.45) is 2.82. The summed E-state index contributed by atoms with van der Waals surface area (Å²) in [4.78, 5) is 0. The highest BCUT2D eigenvalue weighted by Crippen LogP contribution is 2.57. The molecule has 0 saturated carbocycles. The Labute approximate surface area is 153 Å². The minimum Gasteiger partial charge on any atom is -0.382 e. The third kappa shape index (κ3) is 2.25. The molecule has 26 heavy (non-hydrogen) atoms. The molecule has 148 valence electrons. The van der Waals surface area contributed by atoms with Crippen molar-refractivity contribution in [2.24, 2.45) is 0 Å². The Morgan fingerprint density at radius 3 is 2.50 bits per heavy atom. The smallest absolute Gasteiger partial charge is 0.227 e. The van der Waals surface area contributed by atoms with Gasteiger partial charge in [0.2, 0.25) is 11.6 Å². The molecule has 1 unspecified atom stereocenters. The monoisotopic (exact) mass is 370 g/mol. The number of hydrogen-bond donors (Lipinski definition) is 2.